The summed E-state index contributed by atoms with van der Waals surface area (Å²) in [6.07, 6.45) is 7.00. The summed E-state index contributed by atoms with van der Waals surface area (Å²) < 4.78 is 14.6. The first-order chi connectivity index (χ1) is 15.5. The van der Waals surface area contributed by atoms with Crippen LogP contribution in [0.15, 0.2) is 36.5 Å². The molecule has 1 amide bonds. The summed E-state index contributed by atoms with van der Waals surface area (Å²) >= 11 is 0. The van der Waals surface area contributed by atoms with Crippen molar-refractivity contribution in [1.29, 1.82) is 0 Å². The summed E-state index contributed by atoms with van der Waals surface area (Å²) in [5.41, 5.74) is 3.31. The molecule has 2 heterocycles. The standard InChI is InChI=1S/C22H22N2O6.C2H6/c1-28-18-10-11-23-17(18)12-15-19-13(7-5-9-16(19)24-20(15)25)6-4-8-14(21(26)29-2)22(27)30-3;1-2/h4-7,9-12,14,23H,8H2,1-3H3,(H,24,25);1-2H3/b6-4?,15-12-;. The van der Waals surface area contributed by atoms with Gasteiger partial charge in [0.2, 0.25) is 0 Å². The maximum Gasteiger partial charge on any atom is 0.320 e. The molecule has 0 fully saturated rings. The number of H-pyrrole nitrogens is 1. The number of carbonyl (C=O) groups excluding carboxylic acids is 3. The average Bonchev–Trinajstić information content (AvgIpc) is 3.41. The van der Waals surface area contributed by atoms with Crippen LogP contribution in [0, 0.1) is 5.92 Å². The number of methoxy groups -OCH3 is 3. The topological polar surface area (TPSA) is 107 Å². The van der Waals surface area contributed by atoms with Crippen LogP contribution >= 0.6 is 0 Å². The first-order valence-electron chi connectivity index (χ1n) is 10.2. The molecule has 8 heteroatoms. The number of hydrogen-bond acceptors (Lipinski definition) is 6. The average molecular weight is 440 g/mol. The Balaban J connectivity index is 0.00000176. The summed E-state index contributed by atoms with van der Waals surface area (Å²) in [5.74, 6) is -1.99. The normalized spacial score (nSPS) is 13.4. The Morgan fingerprint density at radius 1 is 1.06 bits per heavy atom. The van der Waals surface area contributed by atoms with Crippen LogP contribution < -0.4 is 10.1 Å². The lowest BCUT2D eigenvalue weighted by atomic mass is 9.98. The van der Waals surface area contributed by atoms with Gasteiger partial charge in [-0.05, 0) is 30.2 Å². The van der Waals surface area contributed by atoms with Crippen molar-refractivity contribution in [3.05, 3.63) is 53.4 Å². The molecule has 0 saturated carbocycles. The van der Waals surface area contributed by atoms with Gasteiger partial charge < -0.3 is 24.5 Å². The first kappa shape index (κ1) is 24.5. The predicted octanol–water partition coefficient (Wildman–Crippen LogP) is 3.91. The fraction of sp³-hybridized carbons (Fsp3) is 0.292. The van der Waals surface area contributed by atoms with Crippen LogP contribution in [0.2, 0.25) is 0 Å². The third-order valence-electron chi connectivity index (χ3n) is 4.75. The molecular formula is C24H28N2O6. The number of amides is 1. The van der Waals surface area contributed by atoms with Crippen molar-refractivity contribution >= 4 is 41.3 Å². The molecule has 1 aromatic carbocycles. The third-order valence-corrected chi connectivity index (χ3v) is 4.75. The number of nitrogens with one attached hydrogen (secondary N) is 2. The van der Waals surface area contributed by atoms with Gasteiger partial charge in [0, 0.05) is 17.4 Å². The highest BCUT2D eigenvalue weighted by Gasteiger charge is 2.28. The van der Waals surface area contributed by atoms with Crippen molar-refractivity contribution in [2.45, 2.75) is 20.3 Å². The number of anilines is 1. The minimum Gasteiger partial charge on any atom is -0.495 e. The molecule has 0 unspecified atom stereocenters. The van der Waals surface area contributed by atoms with Crippen LogP contribution in [0.4, 0.5) is 5.69 Å². The van der Waals surface area contributed by atoms with Crippen LogP contribution in [0.3, 0.4) is 0 Å². The number of ether oxygens (including phenoxy) is 3. The smallest absolute Gasteiger partial charge is 0.320 e. The van der Waals surface area contributed by atoms with Crippen molar-refractivity contribution in [3.8, 4) is 5.75 Å². The monoisotopic (exact) mass is 440 g/mol. The minimum absolute atomic E-state index is 0.105. The lowest BCUT2D eigenvalue weighted by Crippen LogP contribution is -2.25. The van der Waals surface area contributed by atoms with E-state index < -0.39 is 17.9 Å². The first-order valence-corrected chi connectivity index (χ1v) is 10.2. The number of rotatable bonds is 7. The Hall–Kier alpha value is -3.81. The van der Waals surface area contributed by atoms with Crippen molar-refractivity contribution < 1.29 is 28.6 Å². The molecular weight excluding hydrogens is 412 g/mol. The second-order valence-electron chi connectivity index (χ2n) is 6.48. The number of esters is 2. The Labute approximate surface area is 187 Å². The molecule has 0 aliphatic carbocycles. The number of aromatic nitrogens is 1. The molecule has 3 rings (SSSR count). The van der Waals surface area contributed by atoms with Gasteiger partial charge in [0.15, 0.2) is 5.92 Å². The summed E-state index contributed by atoms with van der Waals surface area (Å²) in [5, 5.41) is 2.85. The van der Waals surface area contributed by atoms with E-state index in [9.17, 15) is 14.4 Å². The molecule has 0 saturated heterocycles. The molecule has 0 radical (unpaired) electrons. The van der Waals surface area contributed by atoms with Gasteiger partial charge in [0.25, 0.3) is 5.91 Å². The molecule has 0 bridgehead atoms. The van der Waals surface area contributed by atoms with Crippen LogP contribution in [-0.2, 0) is 23.9 Å². The van der Waals surface area contributed by atoms with Gasteiger partial charge in [-0.1, -0.05) is 38.1 Å². The van der Waals surface area contributed by atoms with Crippen LogP contribution in [0.5, 0.6) is 5.75 Å². The lowest BCUT2D eigenvalue weighted by molar-refractivity contribution is -0.158. The van der Waals surface area contributed by atoms with Gasteiger partial charge in [-0.3, -0.25) is 14.4 Å². The van der Waals surface area contributed by atoms with Gasteiger partial charge in [-0.25, -0.2) is 0 Å². The van der Waals surface area contributed by atoms with Crippen molar-refractivity contribution in [1.82, 2.24) is 4.98 Å². The van der Waals surface area contributed by atoms with Crippen molar-refractivity contribution in [3.63, 3.8) is 0 Å². The van der Waals surface area contributed by atoms with Crippen LogP contribution in [-0.4, -0.2) is 44.2 Å². The zero-order valence-electron chi connectivity index (χ0n) is 18.9. The minimum atomic E-state index is -1.05. The molecule has 8 nitrogen and oxygen atoms in total. The van der Waals surface area contributed by atoms with Gasteiger partial charge in [-0.2, -0.15) is 0 Å². The largest absolute Gasteiger partial charge is 0.495 e. The predicted molar refractivity (Wildman–Crippen MR) is 123 cm³/mol. The van der Waals surface area contributed by atoms with E-state index in [2.05, 4.69) is 19.8 Å². The summed E-state index contributed by atoms with van der Waals surface area (Å²) in [6.45, 7) is 4.00. The van der Waals surface area contributed by atoms with E-state index >= 15 is 0 Å². The number of hydrogen-bond donors (Lipinski definition) is 2. The zero-order valence-corrected chi connectivity index (χ0v) is 18.9. The number of allylic oxidation sites excluding steroid dienone is 1. The van der Waals surface area contributed by atoms with Gasteiger partial charge in [-0.15, -0.1) is 0 Å². The molecule has 32 heavy (non-hydrogen) atoms. The Morgan fingerprint density at radius 2 is 1.75 bits per heavy atom. The molecule has 0 spiro atoms. The molecule has 2 N–H and O–H groups in total. The Bertz CT molecular complexity index is 1020. The second-order valence-corrected chi connectivity index (χ2v) is 6.48. The quantitative estimate of drug-likeness (QED) is 0.384. The molecule has 1 aliphatic rings. The maximum atomic E-state index is 12.6. The number of aromatic amines is 1. The number of benzene rings is 1. The highest BCUT2D eigenvalue weighted by molar-refractivity contribution is 6.35. The van der Waals surface area contributed by atoms with Crippen molar-refractivity contribution in [2.24, 2.45) is 5.92 Å². The van der Waals surface area contributed by atoms with E-state index in [0.29, 0.717) is 22.7 Å². The molecule has 1 aromatic heterocycles. The van der Waals surface area contributed by atoms with Crippen LogP contribution in [0.1, 0.15) is 37.1 Å². The molecule has 1 aliphatic heterocycles. The Morgan fingerprint density at radius 3 is 2.38 bits per heavy atom. The van der Waals surface area contributed by atoms with Gasteiger partial charge in [0.05, 0.1) is 32.6 Å². The molecule has 170 valence electrons. The van der Waals surface area contributed by atoms with Gasteiger partial charge >= 0.3 is 11.9 Å². The summed E-state index contributed by atoms with van der Waals surface area (Å²) in [4.78, 5) is 39.3. The van der Waals surface area contributed by atoms with Crippen molar-refractivity contribution in [2.75, 3.05) is 26.6 Å². The Kier molecular flexibility index (Phi) is 8.83. The highest BCUT2D eigenvalue weighted by Crippen LogP contribution is 2.37. The van der Waals surface area contributed by atoms with E-state index in [-0.39, 0.29) is 12.3 Å². The SMILES string of the molecule is CC.COC(=O)C(CC=Cc1cccc2c1/C(=C/c1[nH]ccc1OC)C(=O)N2)C(=O)OC. The fourth-order valence-corrected chi connectivity index (χ4v) is 3.26. The second kappa shape index (κ2) is 11.5. The lowest BCUT2D eigenvalue weighted by Gasteiger charge is -2.10. The van der Waals surface area contributed by atoms with E-state index in [0.717, 1.165) is 11.1 Å². The van der Waals surface area contributed by atoms with E-state index in [1.165, 1.54) is 14.2 Å². The van der Waals surface area contributed by atoms with Gasteiger partial charge in [0.1, 0.15) is 5.75 Å². The fourth-order valence-electron chi connectivity index (χ4n) is 3.26. The zero-order chi connectivity index (χ0) is 23.7. The molecule has 2 aromatic rings. The van der Waals surface area contributed by atoms with E-state index in [1.54, 1.807) is 37.6 Å². The maximum absolute atomic E-state index is 12.6. The highest BCUT2D eigenvalue weighted by atomic mass is 16.5. The van der Waals surface area contributed by atoms with Crippen LogP contribution in [0.25, 0.3) is 17.7 Å². The molecule has 0 atom stereocenters. The number of carbonyl (C=O) groups is 3. The van der Waals surface area contributed by atoms with E-state index in [1.807, 2.05) is 32.0 Å². The van der Waals surface area contributed by atoms with E-state index in [4.69, 9.17) is 4.74 Å². The summed E-state index contributed by atoms with van der Waals surface area (Å²) in [6, 6.07) is 7.24. The third kappa shape index (κ3) is 5.26. The number of fused-ring (bicyclic) bond motifs is 1. The summed E-state index contributed by atoms with van der Waals surface area (Å²) in [7, 11) is 3.99.